The molecule has 0 amide bonds. The van der Waals surface area contributed by atoms with Crippen LogP contribution in [0.4, 0.5) is 0 Å². The minimum atomic E-state index is -0.0337. The second kappa shape index (κ2) is 6.73. The van der Waals surface area contributed by atoms with Crippen LogP contribution in [0.5, 0.6) is 0 Å². The molecule has 0 bridgehead atoms. The van der Waals surface area contributed by atoms with Crippen molar-refractivity contribution in [3.8, 4) is 0 Å². The van der Waals surface area contributed by atoms with Gasteiger partial charge in [0, 0.05) is 49.8 Å². The Hall–Kier alpha value is -0.160. The molecule has 118 valence electrons. The van der Waals surface area contributed by atoms with Crippen molar-refractivity contribution < 1.29 is 5.11 Å². The second-order valence-corrected chi connectivity index (χ2v) is 7.30. The first-order chi connectivity index (χ1) is 9.46. The maximum atomic E-state index is 9.81. The number of nitrogens with one attached hydrogen (secondary N) is 1. The Morgan fingerprint density at radius 1 is 1.15 bits per heavy atom. The average Bonchev–Trinajstić information content (AvgIpc) is 2.83. The Morgan fingerprint density at radius 3 is 2.30 bits per heavy atom. The van der Waals surface area contributed by atoms with Crippen LogP contribution in [-0.4, -0.2) is 71.4 Å². The van der Waals surface area contributed by atoms with E-state index >= 15 is 0 Å². The van der Waals surface area contributed by atoms with Crippen molar-refractivity contribution in [2.24, 2.45) is 0 Å². The van der Waals surface area contributed by atoms with E-state index in [1.54, 1.807) is 0 Å². The van der Waals surface area contributed by atoms with Gasteiger partial charge in [-0.15, -0.1) is 0 Å². The SMILES string of the molecule is CC(C)NC1(CO)CCC(N2CCN(C(C)C)CC2)C1. The van der Waals surface area contributed by atoms with Gasteiger partial charge in [-0.3, -0.25) is 9.80 Å². The predicted molar refractivity (Wildman–Crippen MR) is 84.0 cm³/mol. The second-order valence-electron chi connectivity index (χ2n) is 7.30. The van der Waals surface area contributed by atoms with Gasteiger partial charge < -0.3 is 10.4 Å². The summed E-state index contributed by atoms with van der Waals surface area (Å²) in [6.07, 6.45) is 3.43. The molecule has 2 unspecified atom stereocenters. The third-order valence-electron chi connectivity index (χ3n) is 5.08. The van der Waals surface area contributed by atoms with Crippen LogP contribution in [0.25, 0.3) is 0 Å². The number of nitrogens with zero attached hydrogens (tertiary/aromatic N) is 2. The van der Waals surface area contributed by atoms with Crippen LogP contribution in [0.1, 0.15) is 47.0 Å². The summed E-state index contributed by atoms with van der Waals surface area (Å²) in [4.78, 5) is 5.22. The molecule has 0 aromatic heterocycles. The van der Waals surface area contributed by atoms with E-state index in [0.717, 1.165) is 12.8 Å². The fourth-order valence-corrected chi connectivity index (χ4v) is 3.96. The van der Waals surface area contributed by atoms with Crippen molar-refractivity contribution in [1.82, 2.24) is 15.1 Å². The molecule has 4 nitrogen and oxygen atoms in total. The minimum absolute atomic E-state index is 0.0337. The van der Waals surface area contributed by atoms with Crippen LogP contribution in [0.2, 0.25) is 0 Å². The molecule has 4 heteroatoms. The summed E-state index contributed by atoms with van der Waals surface area (Å²) in [6.45, 7) is 13.9. The summed E-state index contributed by atoms with van der Waals surface area (Å²) in [5, 5.41) is 13.4. The lowest BCUT2D eigenvalue weighted by Crippen LogP contribution is -2.54. The number of piperazine rings is 1. The summed E-state index contributed by atoms with van der Waals surface area (Å²) < 4.78 is 0. The zero-order valence-corrected chi connectivity index (χ0v) is 13.7. The largest absolute Gasteiger partial charge is 0.394 e. The zero-order chi connectivity index (χ0) is 14.8. The molecule has 1 aliphatic heterocycles. The third kappa shape index (κ3) is 3.73. The lowest BCUT2D eigenvalue weighted by Gasteiger charge is -2.40. The fraction of sp³-hybridized carbons (Fsp3) is 1.00. The van der Waals surface area contributed by atoms with Gasteiger partial charge in [0.25, 0.3) is 0 Å². The topological polar surface area (TPSA) is 38.7 Å². The van der Waals surface area contributed by atoms with E-state index in [-0.39, 0.29) is 12.1 Å². The molecule has 0 spiro atoms. The van der Waals surface area contributed by atoms with Gasteiger partial charge in [-0.05, 0) is 33.1 Å². The van der Waals surface area contributed by atoms with Crippen molar-refractivity contribution in [2.75, 3.05) is 32.8 Å². The van der Waals surface area contributed by atoms with Gasteiger partial charge in [-0.25, -0.2) is 0 Å². The first-order valence-corrected chi connectivity index (χ1v) is 8.32. The summed E-state index contributed by atoms with van der Waals surface area (Å²) in [7, 11) is 0. The van der Waals surface area contributed by atoms with E-state index in [4.69, 9.17) is 0 Å². The first-order valence-electron chi connectivity index (χ1n) is 8.32. The molecule has 2 N–H and O–H groups in total. The fourth-order valence-electron chi connectivity index (χ4n) is 3.96. The number of hydrogen-bond donors (Lipinski definition) is 2. The molecule has 0 aromatic rings. The molecule has 1 saturated heterocycles. The maximum absolute atomic E-state index is 9.81. The molecule has 0 aromatic carbocycles. The Morgan fingerprint density at radius 2 is 1.80 bits per heavy atom. The number of aliphatic hydroxyl groups is 1. The minimum Gasteiger partial charge on any atom is -0.394 e. The Bertz CT molecular complexity index is 300. The lowest BCUT2D eigenvalue weighted by molar-refractivity contribution is 0.0722. The molecule has 2 fully saturated rings. The van der Waals surface area contributed by atoms with Crippen molar-refractivity contribution in [1.29, 1.82) is 0 Å². The summed E-state index contributed by atoms with van der Waals surface area (Å²) in [5.74, 6) is 0. The average molecular weight is 283 g/mol. The number of rotatable bonds is 5. The Labute approximate surface area is 124 Å². The molecule has 1 aliphatic carbocycles. The highest BCUT2D eigenvalue weighted by molar-refractivity contribution is 5.00. The molecule has 20 heavy (non-hydrogen) atoms. The summed E-state index contributed by atoms with van der Waals surface area (Å²) in [5.41, 5.74) is -0.0337. The summed E-state index contributed by atoms with van der Waals surface area (Å²) >= 11 is 0. The quantitative estimate of drug-likeness (QED) is 0.797. The highest BCUT2D eigenvalue weighted by Gasteiger charge is 2.41. The van der Waals surface area contributed by atoms with Crippen LogP contribution >= 0.6 is 0 Å². The van der Waals surface area contributed by atoms with Gasteiger partial charge in [-0.2, -0.15) is 0 Å². The highest BCUT2D eigenvalue weighted by Crippen LogP contribution is 2.33. The molecule has 2 aliphatic rings. The van der Waals surface area contributed by atoms with Crippen LogP contribution in [-0.2, 0) is 0 Å². The van der Waals surface area contributed by atoms with E-state index < -0.39 is 0 Å². The van der Waals surface area contributed by atoms with E-state index in [1.807, 2.05) is 0 Å². The first kappa shape index (κ1) is 16.2. The van der Waals surface area contributed by atoms with E-state index in [1.165, 1.54) is 32.6 Å². The van der Waals surface area contributed by atoms with E-state index in [0.29, 0.717) is 18.1 Å². The van der Waals surface area contributed by atoms with Gasteiger partial charge >= 0.3 is 0 Å². The summed E-state index contributed by atoms with van der Waals surface area (Å²) in [6, 6.07) is 1.77. The molecule has 0 radical (unpaired) electrons. The van der Waals surface area contributed by atoms with Crippen molar-refractivity contribution in [3.05, 3.63) is 0 Å². The molecular formula is C16H33N3O. The van der Waals surface area contributed by atoms with Gasteiger partial charge in [0.05, 0.1) is 6.61 Å². The van der Waals surface area contributed by atoms with Gasteiger partial charge in [0.15, 0.2) is 0 Å². The molecule has 1 heterocycles. The van der Waals surface area contributed by atoms with Crippen molar-refractivity contribution >= 4 is 0 Å². The molecule has 2 atom stereocenters. The normalized spacial score (nSPS) is 33.5. The van der Waals surface area contributed by atoms with Gasteiger partial charge in [0.1, 0.15) is 0 Å². The number of aliphatic hydroxyl groups excluding tert-OH is 1. The molecule has 1 saturated carbocycles. The number of hydrogen-bond acceptors (Lipinski definition) is 4. The lowest BCUT2D eigenvalue weighted by atomic mass is 9.97. The standard InChI is InChI=1S/C16H33N3O/c1-13(2)17-16(12-20)6-5-15(11-16)19-9-7-18(8-10-19)14(3)4/h13-15,17,20H,5-12H2,1-4H3. The third-order valence-corrected chi connectivity index (χ3v) is 5.08. The Balaban J connectivity index is 1.87. The van der Waals surface area contributed by atoms with Crippen LogP contribution in [0.15, 0.2) is 0 Å². The smallest absolute Gasteiger partial charge is 0.0614 e. The van der Waals surface area contributed by atoms with E-state index in [2.05, 4.69) is 42.8 Å². The molecule has 2 rings (SSSR count). The molecular weight excluding hydrogens is 250 g/mol. The monoisotopic (exact) mass is 283 g/mol. The van der Waals surface area contributed by atoms with Crippen molar-refractivity contribution in [3.63, 3.8) is 0 Å². The van der Waals surface area contributed by atoms with Gasteiger partial charge in [-0.1, -0.05) is 13.8 Å². The van der Waals surface area contributed by atoms with Crippen LogP contribution < -0.4 is 5.32 Å². The Kier molecular flexibility index (Phi) is 5.46. The van der Waals surface area contributed by atoms with Gasteiger partial charge in [0.2, 0.25) is 0 Å². The van der Waals surface area contributed by atoms with Crippen LogP contribution in [0, 0.1) is 0 Å². The highest BCUT2D eigenvalue weighted by atomic mass is 16.3. The van der Waals surface area contributed by atoms with E-state index in [9.17, 15) is 5.11 Å². The zero-order valence-electron chi connectivity index (χ0n) is 13.7. The maximum Gasteiger partial charge on any atom is 0.0614 e. The van der Waals surface area contributed by atoms with Crippen molar-refractivity contribution in [2.45, 2.75) is 70.6 Å². The van der Waals surface area contributed by atoms with Crippen LogP contribution in [0.3, 0.4) is 0 Å². The predicted octanol–water partition coefficient (Wildman–Crippen LogP) is 1.29.